The minimum Gasteiger partial charge on any atom is -0.379 e. The van der Waals surface area contributed by atoms with Gasteiger partial charge in [0.1, 0.15) is 5.54 Å². The summed E-state index contributed by atoms with van der Waals surface area (Å²) in [6.45, 7) is 3.52. The third kappa shape index (κ3) is 3.65. The van der Waals surface area contributed by atoms with Gasteiger partial charge in [-0.3, -0.25) is 14.7 Å². The lowest BCUT2D eigenvalue weighted by molar-refractivity contribution is -0.136. The van der Waals surface area contributed by atoms with Gasteiger partial charge in [0.05, 0.1) is 19.3 Å². The Morgan fingerprint density at radius 2 is 1.85 bits per heavy atom. The van der Waals surface area contributed by atoms with Crippen molar-refractivity contribution in [2.75, 3.05) is 26.3 Å². The summed E-state index contributed by atoms with van der Waals surface area (Å²) in [5.74, 6) is 0.606. The van der Waals surface area contributed by atoms with Crippen LogP contribution in [0.4, 0.5) is 0 Å². The Bertz CT molecular complexity index is 595. The van der Waals surface area contributed by atoms with E-state index < -0.39 is 0 Å². The van der Waals surface area contributed by atoms with Crippen LogP contribution >= 0.6 is 0 Å². The third-order valence-electron chi connectivity index (χ3n) is 6.58. The number of rotatable bonds is 5. The number of pyridine rings is 1. The molecule has 0 radical (unpaired) electrons. The average molecular weight is 357 g/mol. The molecule has 4 rings (SSSR count). The highest BCUT2D eigenvalue weighted by Gasteiger charge is 2.46. The van der Waals surface area contributed by atoms with E-state index in [-0.39, 0.29) is 17.5 Å². The van der Waals surface area contributed by atoms with Crippen LogP contribution in [-0.2, 0) is 16.0 Å². The number of carbonyl (C=O) groups excluding carboxylic acids is 1. The number of likely N-dealkylation sites (tertiary alicyclic amines) is 1. The molecule has 26 heavy (non-hydrogen) atoms. The first kappa shape index (κ1) is 17.9. The molecule has 1 N–H and O–H groups in total. The first-order valence-electron chi connectivity index (χ1n) is 10.3. The van der Waals surface area contributed by atoms with E-state index in [1.807, 2.05) is 12.4 Å². The number of amides is 1. The molecule has 2 saturated heterocycles. The van der Waals surface area contributed by atoms with Crippen molar-refractivity contribution in [3.8, 4) is 0 Å². The molecule has 0 aromatic carbocycles. The Hall–Kier alpha value is -1.46. The van der Waals surface area contributed by atoms with Gasteiger partial charge in [0.15, 0.2) is 0 Å². The smallest absolute Gasteiger partial charge is 0.240 e. The van der Waals surface area contributed by atoms with Gasteiger partial charge in [-0.05, 0) is 62.9 Å². The molecule has 1 aromatic heterocycles. The molecule has 0 bridgehead atoms. The highest BCUT2D eigenvalue weighted by atomic mass is 16.5. The summed E-state index contributed by atoms with van der Waals surface area (Å²) in [5, 5.41) is 3.42. The van der Waals surface area contributed by atoms with E-state index in [0.29, 0.717) is 12.5 Å². The SMILES string of the molecule is O=C(N[C@@H]1COC[C@H]1Cc1ccncc1)C1(N2CCCC2)CCCCC1. The zero-order chi connectivity index (χ0) is 17.8. The van der Waals surface area contributed by atoms with Gasteiger partial charge in [-0.15, -0.1) is 0 Å². The van der Waals surface area contributed by atoms with Crippen LogP contribution in [0.15, 0.2) is 24.5 Å². The van der Waals surface area contributed by atoms with E-state index in [1.165, 1.54) is 37.7 Å². The highest BCUT2D eigenvalue weighted by molar-refractivity contribution is 5.86. The standard InChI is InChI=1S/C21H31N3O2/c25-20(21(8-2-1-3-9-21)24-12-4-5-13-24)23-19-16-26-15-18(19)14-17-6-10-22-11-7-17/h6-7,10-11,18-19H,1-5,8-9,12-16H2,(H,23,25)/t18-,19-/m1/s1. The number of nitrogens with zero attached hydrogens (tertiary/aromatic N) is 2. The number of hydrogen-bond acceptors (Lipinski definition) is 4. The maximum atomic E-state index is 13.4. The normalized spacial score (nSPS) is 28.9. The van der Waals surface area contributed by atoms with Crippen LogP contribution < -0.4 is 5.32 Å². The molecule has 5 nitrogen and oxygen atoms in total. The van der Waals surface area contributed by atoms with Gasteiger partial charge in [0.25, 0.3) is 0 Å². The zero-order valence-corrected chi connectivity index (χ0v) is 15.7. The molecule has 3 fully saturated rings. The Labute approximate surface area is 156 Å². The van der Waals surface area contributed by atoms with Crippen molar-refractivity contribution in [3.05, 3.63) is 30.1 Å². The maximum absolute atomic E-state index is 13.4. The van der Waals surface area contributed by atoms with Crippen molar-refractivity contribution < 1.29 is 9.53 Å². The molecule has 142 valence electrons. The lowest BCUT2D eigenvalue weighted by Gasteiger charge is -2.44. The summed E-state index contributed by atoms with van der Waals surface area (Å²) >= 11 is 0. The number of aromatic nitrogens is 1. The van der Waals surface area contributed by atoms with Crippen molar-refractivity contribution in [3.63, 3.8) is 0 Å². The first-order chi connectivity index (χ1) is 12.8. The van der Waals surface area contributed by atoms with E-state index in [9.17, 15) is 4.79 Å². The van der Waals surface area contributed by atoms with E-state index in [4.69, 9.17) is 4.74 Å². The minimum atomic E-state index is -0.265. The van der Waals surface area contributed by atoms with Crippen LogP contribution in [0.2, 0.25) is 0 Å². The van der Waals surface area contributed by atoms with E-state index in [1.54, 1.807) is 0 Å². The molecule has 0 spiro atoms. The zero-order valence-electron chi connectivity index (χ0n) is 15.7. The van der Waals surface area contributed by atoms with Gasteiger partial charge in [0, 0.05) is 18.3 Å². The van der Waals surface area contributed by atoms with Crippen LogP contribution in [-0.4, -0.2) is 53.7 Å². The van der Waals surface area contributed by atoms with Crippen molar-refractivity contribution in [1.29, 1.82) is 0 Å². The van der Waals surface area contributed by atoms with Crippen LogP contribution in [0, 0.1) is 5.92 Å². The second-order valence-electron chi connectivity index (χ2n) is 8.22. The van der Waals surface area contributed by atoms with Crippen molar-refractivity contribution in [2.24, 2.45) is 5.92 Å². The number of nitrogens with one attached hydrogen (secondary N) is 1. The van der Waals surface area contributed by atoms with Gasteiger partial charge in [-0.1, -0.05) is 19.3 Å². The quantitative estimate of drug-likeness (QED) is 0.880. The monoisotopic (exact) mass is 357 g/mol. The van der Waals surface area contributed by atoms with E-state index >= 15 is 0 Å². The molecule has 1 aromatic rings. The fourth-order valence-corrected chi connectivity index (χ4v) is 5.05. The third-order valence-corrected chi connectivity index (χ3v) is 6.58. The Kier molecular flexibility index (Phi) is 5.55. The summed E-state index contributed by atoms with van der Waals surface area (Å²) in [6, 6.07) is 4.24. The maximum Gasteiger partial charge on any atom is 0.240 e. The molecule has 5 heteroatoms. The van der Waals surface area contributed by atoms with Crippen molar-refractivity contribution in [2.45, 2.75) is 62.9 Å². The summed E-state index contributed by atoms with van der Waals surface area (Å²) in [5.41, 5.74) is 1.00. The second kappa shape index (κ2) is 8.05. The number of ether oxygens (including phenoxy) is 1. The highest BCUT2D eigenvalue weighted by Crippen LogP contribution is 2.36. The largest absolute Gasteiger partial charge is 0.379 e. The topological polar surface area (TPSA) is 54.5 Å². The fourth-order valence-electron chi connectivity index (χ4n) is 5.05. The lowest BCUT2D eigenvalue weighted by atomic mass is 9.79. The molecule has 2 aliphatic heterocycles. The minimum absolute atomic E-state index is 0.122. The lowest BCUT2D eigenvalue weighted by Crippen LogP contribution is -2.61. The molecule has 2 atom stereocenters. The molecule has 3 heterocycles. The van der Waals surface area contributed by atoms with Crippen molar-refractivity contribution in [1.82, 2.24) is 15.2 Å². The van der Waals surface area contributed by atoms with Crippen molar-refractivity contribution >= 4 is 5.91 Å². The average Bonchev–Trinajstić information content (AvgIpc) is 3.36. The van der Waals surface area contributed by atoms with Crippen LogP contribution in [0.3, 0.4) is 0 Å². The van der Waals surface area contributed by atoms with Gasteiger partial charge >= 0.3 is 0 Å². The summed E-state index contributed by atoms with van der Waals surface area (Å²) in [7, 11) is 0. The van der Waals surface area contributed by atoms with Gasteiger partial charge in [-0.25, -0.2) is 0 Å². The predicted molar refractivity (Wildman–Crippen MR) is 101 cm³/mol. The molecule has 1 saturated carbocycles. The van der Waals surface area contributed by atoms with Crippen LogP contribution in [0.1, 0.15) is 50.5 Å². The van der Waals surface area contributed by atoms with Gasteiger partial charge < -0.3 is 10.1 Å². The van der Waals surface area contributed by atoms with E-state index in [2.05, 4.69) is 27.3 Å². The first-order valence-corrected chi connectivity index (χ1v) is 10.3. The number of hydrogen-bond donors (Lipinski definition) is 1. The second-order valence-corrected chi connectivity index (χ2v) is 8.22. The van der Waals surface area contributed by atoms with E-state index in [0.717, 1.165) is 39.0 Å². The summed E-state index contributed by atoms with van der Waals surface area (Å²) in [4.78, 5) is 20.0. The Morgan fingerprint density at radius 1 is 1.12 bits per heavy atom. The van der Waals surface area contributed by atoms with Gasteiger partial charge in [0.2, 0.25) is 5.91 Å². The predicted octanol–water partition coefficient (Wildman–Crippen LogP) is 2.55. The summed E-state index contributed by atoms with van der Waals surface area (Å²) < 4.78 is 5.74. The van der Waals surface area contributed by atoms with Gasteiger partial charge in [-0.2, -0.15) is 0 Å². The molecule has 3 aliphatic rings. The molecule has 0 unspecified atom stereocenters. The van der Waals surface area contributed by atoms with Crippen LogP contribution in [0.25, 0.3) is 0 Å². The Balaban J connectivity index is 1.44. The summed E-state index contributed by atoms with van der Waals surface area (Å²) in [6.07, 6.45) is 12.7. The molecule has 1 amide bonds. The van der Waals surface area contributed by atoms with Crippen LogP contribution in [0.5, 0.6) is 0 Å². The molecular formula is C21H31N3O2. The molecule has 1 aliphatic carbocycles. The Morgan fingerprint density at radius 3 is 2.58 bits per heavy atom. The molecular weight excluding hydrogens is 326 g/mol. The number of carbonyl (C=O) groups is 1. The fraction of sp³-hybridized carbons (Fsp3) is 0.714.